The molecule has 0 spiro atoms. The van der Waals surface area contributed by atoms with Gasteiger partial charge in [0.1, 0.15) is 0 Å². The van der Waals surface area contributed by atoms with Crippen LogP contribution in [0.15, 0.2) is 103 Å². The van der Waals surface area contributed by atoms with Gasteiger partial charge in [-0.3, -0.25) is 0 Å². The maximum atomic E-state index is 9.15. The molecule has 177 valence electrons. The molecule has 5 aromatic rings. The Morgan fingerprint density at radius 2 is 1.38 bits per heavy atom. The van der Waals surface area contributed by atoms with Crippen molar-refractivity contribution in [2.45, 2.75) is 0 Å². The van der Waals surface area contributed by atoms with Gasteiger partial charge in [-0.05, 0) is 39.7 Å². The van der Waals surface area contributed by atoms with Gasteiger partial charge >= 0.3 is 0 Å². The molecule has 0 amide bonds. The van der Waals surface area contributed by atoms with Crippen molar-refractivity contribution in [3.05, 3.63) is 132 Å². The first kappa shape index (κ1) is 26.7. The molecular formula is C31H17IrN5-2. The Bertz CT molecular complexity index is 1520. The summed E-state index contributed by atoms with van der Waals surface area (Å²) in [5, 5.41) is 27.1. The monoisotopic (exact) mass is 652 g/mol. The van der Waals surface area contributed by atoms with E-state index < -0.39 is 0 Å². The van der Waals surface area contributed by atoms with Crippen molar-refractivity contribution in [2.24, 2.45) is 0 Å². The third kappa shape index (κ3) is 6.40. The smallest absolute Gasteiger partial charge is 0.0815 e. The fourth-order valence-corrected chi connectivity index (χ4v) is 3.48. The van der Waals surface area contributed by atoms with Crippen molar-refractivity contribution >= 4 is 0 Å². The maximum absolute atomic E-state index is 9.15. The minimum atomic E-state index is 0. The van der Waals surface area contributed by atoms with E-state index in [1.165, 1.54) is 11.6 Å². The molecule has 37 heavy (non-hydrogen) atoms. The summed E-state index contributed by atoms with van der Waals surface area (Å²) in [4.78, 5) is 8.61. The van der Waals surface area contributed by atoms with Crippen molar-refractivity contribution < 1.29 is 20.1 Å². The zero-order valence-corrected chi connectivity index (χ0v) is 21.8. The summed E-state index contributed by atoms with van der Waals surface area (Å²) in [6.07, 6.45) is 3.50. The number of benzene rings is 3. The number of hydrogen-bond donors (Lipinski definition) is 0. The molecule has 0 aliphatic heterocycles. The molecule has 0 fully saturated rings. The van der Waals surface area contributed by atoms with E-state index in [0.717, 1.165) is 16.8 Å². The van der Waals surface area contributed by atoms with Crippen LogP contribution in [0, 0.1) is 46.1 Å². The Labute approximate surface area is 229 Å². The normalized spacial score (nSPS) is 9.32. The Morgan fingerprint density at radius 3 is 1.97 bits per heavy atom. The summed E-state index contributed by atoms with van der Waals surface area (Å²) in [6, 6.07) is 40.7. The predicted octanol–water partition coefficient (Wildman–Crippen LogP) is 6.38. The average Bonchev–Trinajstić information content (AvgIpc) is 2.98. The molecule has 2 heterocycles. The summed E-state index contributed by atoms with van der Waals surface area (Å²) in [5.74, 6) is 0. The van der Waals surface area contributed by atoms with Crippen molar-refractivity contribution in [3.63, 3.8) is 0 Å². The van der Waals surface area contributed by atoms with E-state index >= 15 is 0 Å². The Hall–Kier alpha value is -4.92. The maximum Gasteiger partial charge on any atom is 0.0815 e. The summed E-state index contributed by atoms with van der Waals surface area (Å²) in [6.45, 7) is 0. The van der Waals surface area contributed by atoms with E-state index in [2.05, 4.69) is 40.3 Å². The van der Waals surface area contributed by atoms with Crippen molar-refractivity contribution in [1.82, 2.24) is 9.97 Å². The van der Waals surface area contributed by atoms with Gasteiger partial charge < -0.3 is 9.97 Å². The molecule has 0 saturated carbocycles. The fraction of sp³-hybridized carbons (Fsp3) is 0. The molecule has 0 atom stereocenters. The second-order valence-corrected chi connectivity index (χ2v) is 7.45. The Balaban J connectivity index is 0.000000200. The number of nitriles is 3. The Morgan fingerprint density at radius 1 is 0.622 bits per heavy atom. The van der Waals surface area contributed by atoms with Crippen LogP contribution in [0.25, 0.3) is 33.6 Å². The zero-order chi connectivity index (χ0) is 25.2. The fourth-order valence-electron chi connectivity index (χ4n) is 3.48. The van der Waals surface area contributed by atoms with Gasteiger partial charge in [0.15, 0.2) is 0 Å². The first-order valence-corrected chi connectivity index (χ1v) is 10.9. The van der Waals surface area contributed by atoms with Crippen molar-refractivity contribution in [3.8, 4) is 51.8 Å². The van der Waals surface area contributed by atoms with Crippen LogP contribution in [0.5, 0.6) is 0 Å². The number of rotatable bonds is 3. The summed E-state index contributed by atoms with van der Waals surface area (Å²) in [7, 11) is 0. The SMILES string of the molecule is N#Cc1c[c-]c(-c2ccccn2)c(C#N)c1C#N.[Ir].[c-]1ccccc1-c1ccc(-c2ccccc2)cn1. The second-order valence-electron chi connectivity index (χ2n) is 7.45. The molecule has 0 saturated heterocycles. The summed E-state index contributed by atoms with van der Waals surface area (Å²) in [5.41, 5.74) is 5.64. The van der Waals surface area contributed by atoms with E-state index in [-0.39, 0.29) is 36.8 Å². The molecule has 5 nitrogen and oxygen atoms in total. The van der Waals surface area contributed by atoms with Gasteiger partial charge in [0, 0.05) is 50.2 Å². The van der Waals surface area contributed by atoms with Gasteiger partial charge in [0.2, 0.25) is 0 Å². The van der Waals surface area contributed by atoms with Crippen LogP contribution in [0.4, 0.5) is 0 Å². The molecule has 5 rings (SSSR count). The molecule has 0 unspecified atom stereocenters. The van der Waals surface area contributed by atoms with E-state index in [4.69, 9.17) is 15.8 Å². The van der Waals surface area contributed by atoms with Crippen molar-refractivity contribution in [1.29, 1.82) is 15.8 Å². The molecule has 0 bridgehead atoms. The van der Waals surface area contributed by atoms with Crippen LogP contribution in [-0.4, -0.2) is 9.97 Å². The molecule has 6 heteroatoms. The third-order valence-electron chi connectivity index (χ3n) is 5.25. The second kappa shape index (κ2) is 13.2. The van der Waals surface area contributed by atoms with Crippen molar-refractivity contribution in [2.75, 3.05) is 0 Å². The molecule has 0 aliphatic rings. The quantitative estimate of drug-likeness (QED) is 0.211. The van der Waals surface area contributed by atoms with Crippen LogP contribution < -0.4 is 0 Å². The largest absolute Gasteiger partial charge is 0.305 e. The third-order valence-corrected chi connectivity index (χ3v) is 5.25. The number of hydrogen-bond acceptors (Lipinski definition) is 5. The molecular weight excluding hydrogens is 635 g/mol. The number of pyridine rings is 2. The summed E-state index contributed by atoms with van der Waals surface area (Å²) < 4.78 is 0. The molecule has 2 aromatic heterocycles. The van der Waals surface area contributed by atoms with Crippen LogP contribution >= 0.6 is 0 Å². The van der Waals surface area contributed by atoms with E-state index in [1.54, 1.807) is 24.4 Å². The number of aromatic nitrogens is 2. The van der Waals surface area contributed by atoms with Crippen LogP contribution in [-0.2, 0) is 20.1 Å². The first-order chi connectivity index (χ1) is 17.7. The van der Waals surface area contributed by atoms with Gasteiger partial charge in [-0.2, -0.15) is 5.26 Å². The van der Waals surface area contributed by atoms with Crippen LogP contribution in [0.2, 0.25) is 0 Å². The molecule has 1 radical (unpaired) electrons. The van der Waals surface area contributed by atoms with Crippen LogP contribution in [0.3, 0.4) is 0 Å². The first-order valence-electron chi connectivity index (χ1n) is 10.9. The van der Waals surface area contributed by atoms with Gasteiger partial charge in [-0.25, -0.2) is 10.5 Å². The van der Waals surface area contributed by atoms with Crippen LogP contribution in [0.1, 0.15) is 16.7 Å². The average molecular weight is 652 g/mol. The standard InChI is InChI=1S/C17H12N.C14H5N4.Ir/c1-3-7-14(8-4-1)16-11-12-17(18-13-16)15-9-5-2-6-10-15;15-7-10-4-5-11(13(9-17)12(10)8-16)14-3-1-2-6-18-14;/h1-9,11-13H;1-4,6H;/q2*-1;. The van der Waals surface area contributed by atoms with Gasteiger partial charge in [0.05, 0.1) is 6.07 Å². The zero-order valence-electron chi connectivity index (χ0n) is 19.4. The number of nitrogens with zero attached hydrogens (tertiary/aromatic N) is 5. The molecule has 0 N–H and O–H groups in total. The van der Waals surface area contributed by atoms with Gasteiger partial charge in [-0.15, -0.1) is 53.6 Å². The van der Waals surface area contributed by atoms with Gasteiger partial charge in [0.25, 0.3) is 0 Å². The van der Waals surface area contributed by atoms with E-state index in [1.807, 2.05) is 72.9 Å². The Kier molecular flexibility index (Phi) is 9.55. The van der Waals surface area contributed by atoms with E-state index in [9.17, 15) is 0 Å². The molecule has 0 aliphatic carbocycles. The van der Waals surface area contributed by atoms with Gasteiger partial charge in [-0.1, -0.05) is 54.6 Å². The predicted molar refractivity (Wildman–Crippen MR) is 137 cm³/mol. The minimum absolute atomic E-state index is 0. The summed E-state index contributed by atoms with van der Waals surface area (Å²) >= 11 is 0. The minimum Gasteiger partial charge on any atom is -0.305 e. The van der Waals surface area contributed by atoms with E-state index in [0.29, 0.717) is 11.3 Å². The molecule has 3 aromatic carbocycles. The topological polar surface area (TPSA) is 97.1 Å².